The molecule has 0 saturated carbocycles. The molecule has 2 atom stereocenters. The van der Waals surface area contributed by atoms with Crippen LogP contribution in [-0.2, 0) is 20.8 Å². The molecule has 3 N–H and O–H groups in total. The van der Waals surface area contributed by atoms with Gasteiger partial charge in [-0.15, -0.1) is 0 Å². The number of imide groups is 1. The predicted octanol–water partition coefficient (Wildman–Crippen LogP) is 0.237. The molecule has 8 nitrogen and oxygen atoms in total. The van der Waals surface area contributed by atoms with Gasteiger partial charge >= 0.3 is 6.03 Å². The van der Waals surface area contributed by atoms with E-state index in [1.807, 2.05) is 23.1 Å². The summed E-state index contributed by atoms with van der Waals surface area (Å²) in [5.41, 5.74) is 2.33. The van der Waals surface area contributed by atoms with Crippen molar-refractivity contribution in [3.63, 3.8) is 0 Å². The molecule has 3 rings (SSSR count). The van der Waals surface area contributed by atoms with Crippen molar-refractivity contribution in [2.75, 3.05) is 13.1 Å². The highest BCUT2D eigenvalue weighted by Crippen LogP contribution is 2.31. The molecule has 2 heterocycles. The molecule has 8 heteroatoms. The molecular weight excluding hydrogens is 336 g/mol. The molecule has 2 aliphatic heterocycles. The van der Waals surface area contributed by atoms with Crippen molar-refractivity contribution in [1.29, 1.82) is 0 Å². The molecule has 1 aromatic carbocycles. The van der Waals surface area contributed by atoms with Gasteiger partial charge in [-0.3, -0.25) is 19.7 Å². The maximum atomic E-state index is 12.2. The lowest BCUT2D eigenvalue weighted by Crippen LogP contribution is -2.57. The number of amides is 5. The first-order chi connectivity index (χ1) is 12.5. The van der Waals surface area contributed by atoms with E-state index in [9.17, 15) is 19.2 Å². The van der Waals surface area contributed by atoms with Crippen LogP contribution in [0.25, 0.3) is 0 Å². The summed E-state index contributed by atoms with van der Waals surface area (Å²) in [5, 5.41) is 7.28. The Morgan fingerprint density at radius 2 is 2.04 bits per heavy atom. The summed E-state index contributed by atoms with van der Waals surface area (Å²) in [6.45, 7) is 2.55. The lowest BCUT2D eigenvalue weighted by Gasteiger charge is -2.37. The normalized spacial score (nSPS) is 22.1. The van der Waals surface area contributed by atoms with Gasteiger partial charge in [0.15, 0.2) is 0 Å². The standard InChI is InChI=1S/C18H22N4O4/c1-11(23)22-9-7-12-4-2-3-5-13(12)15(22)6-8-19-17(25)14-10-16(24)21-18(26)20-14/h2-5,14-15H,6-10H2,1H3,(H,19,25)(H2,20,21,24,26)/t14-,15?/m0/s1. The van der Waals surface area contributed by atoms with Gasteiger partial charge in [0.05, 0.1) is 12.5 Å². The molecule has 0 aliphatic carbocycles. The van der Waals surface area contributed by atoms with Crippen LogP contribution in [0.2, 0.25) is 0 Å². The van der Waals surface area contributed by atoms with Crippen molar-refractivity contribution in [3.05, 3.63) is 35.4 Å². The Labute approximate surface area is 151 Å². The van der Waals surface area contributed by atoms with Crippen molar-refractivity contribution < 1.29 is 19.2 Å². The Morgan fingerprint density at radius 3 is 2.77 bits per heavy atom. The van der Waals surface area contributed by atoms with Crippen LogP contribution in [-0.4, -0.2) is 47.8 Å². The lowest BCUT2D eigenvalue weighted by molar-refractivity contribution is -0.132. The molecule has 26 heavy (non-hydrogen) atoms. The molecule has 1 fully saturated rings. The third kappa shape index (κ3) is 3.84. The lowest BCUT2D eigenvalue weighted by atomic mass is 9.90. The summed E-state index contributed by atoms with van der Waals surface area (Å²) < 4.78 is 0. The maximum Gasteiger partial charge on any atom is 0.322 e. The van der Waals surface area contributed by atoms with Gasteiger partial charge in [0.25, 0.3) is 0 Å². The minimum absolute atomic E-state index is 0.00652. The van der Waals surface area contributed by atoms with Crippen molar-refractivity contribution >= 4 is 23.8 Å². The Kier molecular flexibility index (Phi) is 5.20. The van der Waals surface area contributed by atoms with E-state index < -0.39 is 23.9 Å². The van der Waals surface area contributed by atoms with Gasteiger partial charge in [0.1, 0.15) is 6.04 Å². The second kappa shape index (κ2) is 7.55. The zero-order valence-electron chi connectivity index (χ0n) is 14.6. The number of carbonyl (C=O) groups is 4. The fourth-order valence-corrected chi connectivity index (χ4v) is 3.56. The molecule has 5 amide bonds. The van der Waals surface area contributed by atoms with Gasteiger partial charge in [-0.25, -0.2) is 4.79 Å². The quantitative estimate of drug-likeness (QED) is 0.716. The van der Waals surface area contributed by atoms with Gasteiger partial charge in [-0.2, -0.15) is 0 Å². The van der Waals surface area contributed by atoms with E-state index in [1.165, 1.54) is 5.56 Å². The summed E-state index contributed by atoms with van der Waals surface area (Å²) in [6, 6.07) is 6.39. The number of hydrogen-bond donors (Lipinski definition) is 3. The van der Waals surface area contributed by atoms with Crippen LogP contribution in [0.4, 0.5) is 4.79 Å². The Hall–Kier alpha value is -2.90. The van der Waals surface area contributed by atoms with Crippen LogP contribution in [0.3, 0.4) is 0 Å². The Morgan fingerprint density at radius 1 is 1.27 bits per heavy atom. The van der Waals surface area contributed by atoms with Crippen molar-refractivity contribution in [2.45, 2.75) is 38.3 Å². The zero-order valence-corrected chi connectivity index (χ0v) is 14.6. The van der Waals surface area contributed by atoms with Gasteiger partial charge in [-0.1, -0.05) is 24.3 Å². The van der Waals surface area contributed by atoms with Gasteiger partial charge in [-0.05, 0) is 24.0 Å². The summed E-state index contributed by atoms with van der Waals surface area (Å²) in [6.07, 6.45) is 1.31. The van der Waals surface area contributed by atoms with Crippen molar-refractivity contribution in [2.24, 2.45) is 0 Å². The van der Waals surface area contributed by atoms with E-state index in [4.69, 9.17) is 0 Å². The summed E-state index contributed by atoms with van der Waals surface area (Å²) in [5.74, 6) is -0.864. The van der Waals surface area contributed by atoms with Gasteiger partial charge in [0.2, 0.25) is 17.7 Å². The topological polar surface area (TPSA) is 108 Å². The maximum absolute atomic E-state index is 12.2. The molecule has 0 bridgehead atoms. The monoisotopic (exact) mass is 358 g/mol. The fraction of sp³-hybridized carbons (Fsp3) is 0.444. The summed E-state index contributed by atoms with van der Waals surface area (Å²) in [4.78, 5) is 48.7. The smallest absolute Gasteiger partial charge is 0.322 e. The Balaban J connectivity index is 1.62. The van der Waals surface area contributed by atoms with Crippen LogP contribution in [0.15, 0.2) is 24.3 Å². The highest BCUT2D eigenvalue weighted by atomic mass is 16.2. The van der Waals surface area contributed by atoms with E-state index in [2.05, 4.69) is 22.0 Å². The van der Waals surface area contributed by atoms with Gasteiger partial charge < -0.3 is 15.5 Å². The van der Waals surface area contributed by atoms with Crippen LogP contribution >= 0.6 is 0 Å². The summed E-state index contributed by atoms with van der Waals surface area (Å²) in [7, 11) is 0. The number of hydrogen-bond acceptors (Lipinski definition) is 4. The predicted molar refractivity (Wildman–Crippen MR) is 93.0 cm³/mol. The second-order valence-electron chi connectivity index (χ2n) is 6.54. The first-order valence-electron chi connectivity index (χ1n) is 8.69. The molecule has 0 spiro atoms. The fourth-order valence-electron chi connectivity index (χ4n) is 3.56. The Bertz CT molecular complexity index is 732. The van der Waals surface area contributed by atoms with Crippen LogP contribution < -0.4 is 16.0 Å². The van der Waals surface area contributed by atoms with Crippen molar-refractivity contribution in [1.82, 2.24) is 20.9 Å². The van der Waals surface area contributed by atoms with E-state index in [0.29, 0.717) is 19.5 Å². The highest BCUT2D eigenvalue weighted by Gasteiger charge is 2.31. The van der Waals surface area contributed by atoms with E-state index in [0.717, 1.165) is 12.0 Å². The molecule has 138 valence electrons. The molecule has 1 unspecified atom stereocenters. The van der Waals surface area contributed by atoms with E-state index >= 15 is 0 Å². The molecule has 0 radical (unpaired) electrons. The largest absolute Gasteiger partial charge is 0.354 e. The zero-order chi connectivity index (χ0) is 18.7. The highest BCUT2D eigenvalue weighted by molar-refractivity contribution is 6.02. The molecule has 1 aromatic rings. The van der Waals surface area contributed by atoms with Crippen molar-refractivity contribution in [3.8, 4) is 0 Å². The first kappa shape index (κ1) is 17.9. The number of fused-ring (bicyclic) bond motifs is 1. The van der Waals surface area contributed by atoms with Crippen LogP contribution in [0, 0.1) is 0 Å². The SMILES string of the molecule is CC(=O)N1CCc2ccccc2C1CCNC(=O)[C@@H]1CC(=O)NC(=O)N1. The second-order valence-corrected chi connectivity index (χ2v) is 6.54. The number of benzene rings is 1. The number of nitrogens with zero attached hydrogens (tertiary/aromatic N) is 1. The first-order valence-corrected chi connectivity index (χ1v) is 8.69. The number of urea groups is 1. The molecule has 0 aromatic heterocycles. The average molecular weight is 358 g/mol. The number of nitrogens with one attached hydrogen (secondary N) is 3. The minimum Gasteiger partial charge on any atom is -0.354 e. The number of rotatable bonds is 4. The van der Waals surface area contributed by atoms with E-state index in [-0.39, 0.29) is 18.4 Å². The van der Waals surface area contributed by atoms with Crippen LogP contribution in [0.1, 0.15) is 36.9 Å². The molecule has 1 saturated heterocycles. The third-order valence-electron chi connectivity index (χ3n) is 4.80. The van der Waals surface area contributed by atoms with Crippen LogP contribution in [0.5, 0.6) is 0 Å². The third-order valence-corrected chi connectivity index (χ3v) is 4.80. The minimum atomic E-state index is -0.862. The number of carbonyl (C=O) groups excluding carboxylic acids is 4. The average Bonchev–Trinajstić information content (AvgIpc) is 2.60. The molecule has 2 aliphatic rings. The van der Waals surface area contributed by atoms with Gasteiger partial charge in [0, 0.05) is 20.0 Å². The molecular formula is C18H22N4O4. The van der Waals surface area contributed by atoms with E-state index in [1.54, 1.807) is 6.92 Å². The summed E-state index contributed by atoms with van der Waals surface area (Å²) >= 11 is 0.